The van der Waals surface area contributed by atoms with Crippen LogP contribution in [0.5, 0.6) is 0 Å². The fourth-order valence-corrected chi connectivity index (χ4v) is 1.58. The van der Waals surface area contributed by atoms with E-state index in [-0.39, 0.29) is 6.42 Å². The zero-order chi connectivity index (χ0) is 13.6. The van der Waals surface area contributed by atoms with Gasteiger partial charge in [-0.1, -0.05) is 5.16 Å². The molecule has 0 aromatic carbocycles. The second-order valence-electron chi connectivity index (χ2n) is 4.56. The predicted molar refractivity (Wildman–Crippen MR) is 64.1 cm³/mol. The largest absolute Gasteiger partial charge is 0.481 e. The lowest BCUT2D eigenvalue weighted by atomic mass is 10.1. The summed E-state index contributed by atoms with van der Waals surface area (Å²) >= 11 is 0. The first-order valence-corrected chi connectivity index (χ1v) is 6.14. The van der Waals surface area contributed by atoms with Crippen LogP contribution in [0.15, 0.2) is 4.52 Å². The van der Waals surface area contributed by atoms with E-state index in [1.807, 2.05) is 20.8 Å². The Morgan fingerprint density at radius 3 is 2.78 bits per heavy atom. The van der Waals surface area contributed by atoms with Gasteiger partial charge in [0.15, 0.2) is 0 Å². The van der Waals surface area contributed by atoms with E-state index in [1.165, 1.54) is 0 Å². The number of carbonyl (C=O) groups is 1. The molecule has 0 amide bonds. The van der Waals surface area contributed by atoms with Crippen LogP contribution in [0.25, 0.3) is 0 Å². The van der Waals surface area contributed by atoms with Crippen LogP contribution in [-0.4, -0.2) is 27.8 Å². The van der Waals surface area contributed by atoms with Crippen LogP contribution < -0.4 is 0 Å². The molecule has 0 unspecified atom stereocenters. The zero-order valence-electron chi connectivity index (χ0n) is 11.1. The van der Waals surface area contributed by atoms with Gasteiger partial charge in [0, 0.05) is 19.4 Å². The highest BCUT2D eigenvalue weighted by molar-refractivity contribution is 5.66. The van der Waals surface area contributed by atoms with Crippen molar-refractivity contribution < 1.29 is 19.2 Å². The van der Waals surface area contributed by atoms with Crippen LogP contribution in [-0.2, 0) is 21.6 Å². The zero-order valence-corrected chi connectivity index (χ0v) is 11.1. The van der Waals surface area contributed by atoms with Crippen molar-refractivity contribution in [2.45, 2.75) is 52.1 Å². The van der Waals surface area contributed by atoms with Gasteiger partial charge in [0.05, 0.1) is 0 Å². The smallest absolute Gasteiger partial charge is 0.303 e. The maximum atomic E-state index is 10.4. The highest BCUT2D eigenvalue weighted by Crippen LogP contribution is 2.21. The van der Waals surface area contributed by atoms with Gasteiger partial charge in [-0.3, -0.25) is 4.79 Å². The van der Waals surface area contributed by atoms with E-state index in [0.29, 0.717) is 31.2 Å². The molecule has 102 valence electrons. The molecule has 0 atom stereocenters. The van der Waals surface area contributed by atoms with Gasteiger partial charge >= 0.3 is 5.97 Å². The summed E-state index contributed by atoms with van der Waals surface area (Å²) in [6.45, 7) is 6.26. The predicted octanol–water partition coefficient (Wildman–Crippen LogP) is 2.14. The summed E-state index contributed by atoms with van der Waals surface area (Å²) < 4.78 is 10.6. The Kier molecular flexibility index (Phi) is 5.27. The van der Waals surface area contributed by atoms with Crippen molar-refractivity contribution >= 4 is 5.97 Å². The number of aliphatic carboxylic acids is 1. The molecule has 0 aliphatic heterocycles. The third-order valence-electron chi connectivity index (χ3n) is 2.54. The van der Waals surface area contributed by atoms with Gasteiger partial charge in [0.25, 0.3) is 0 Å². The van der Waals surface area contributed by atoms with Crippen LogP contribution >= 0.6 is 0 Å². The van der Waals surface area contributed by atoms with Gasteiger partial charge in [0.2, 0.25) is 11.7 Å². The monoisotopic (exact) mass is 256 g/mol. The molecule has 0 radical (unpaired) electrons. The molecular weight excluding hydrogens is 236 g/mol. The third-order valence-corrected chi connectivity index (χ3v) is 2.54. The summed E-state index contributed by atoms with van der Waals surface area (Å²) in [4.78, 5) is 14.6. The van der Waals surface area contributed by atoms with Crippen molar-refractivity contribution in [1.29, 1.82) is 0 Å². The van der Waals surface area contributed by atoms with E-state index in [4.69, 9.17) is 14.4 Å². The number of rotatable bonds is 8. The van der Waals surface area contributed by atoms with Crippen molar-refractivity contribution in [1.82, 2.24) is 10.1 Å². The van der Waals surface area contributed by atoms with Crippen LogP contribution in [0.3, 0.4) is 0 Å². The second-order valence-corrected chi connectivity index (χ2v) is 4.56. The summed E-state index contributed by atoms with van der Waals surface area (Å²) in [5, 5.41) is 12.4. The molecule has 1 aromatic rings. The van der Waals surface area contributed by atoms with E-state index in [1.54, 1.807) is 0 Å². The number of hydrogen-bond acceptors (Lipinski definition) is 5. The van der Waals surface area contributed by atoms with E-state index in [0.717, 1.165) is 6.42 Å². The molecule has 1 N–H and O–H groups in total. The summed E-state index contributed by atoms with van der Waals surface area (Å²) in [7, 11) is 0. The Morgan fingerprint density at radius 2 is 2.17 bits per heavy atom. The maximum Gasteiger partial charge on any atom is 0.303 e. The average Bonchev–Trinajstić information content (AvgIpc) is 2.73. The van der Waals surface area contributed by atoms with Crippen molar-refractivity contribution in [3.63, 3.8) is 0 Å². The molecule has 0 saturated carbocycles. The normalized spacial score (nSPS) is 11.7. The van der Waals surface area contributed by atoms with Crippen molar-refractivity contribution in [2.24, 2.45) is 0 Å². The second kappa shape index (κ2) is 6.49. The van der Waals surface area contributed by atoms with Gasteiger partial charge in [0.1, 0.15) is 5.60 Å². The Hall–Kier alpha value is -1.43. The Bertz CT molecular complexity index is 387. The number of unbranched alkanes of at least 4 members (excludes halogenated alkanes) is 1. The molecule has 6 nitrogen and oxygen atoms in total. The first kappa shape index (κ1) is 14.6. The minimum Gasteiger partial charge on any atom is -0.481 e. The third kappa shape index (κ3) is 4.44. The number of aryl methyl sites for hydroxylation is 1. The number of nitrogens with zero attached hydrogens (tertiary/aromatic N) is 2. The number of ether oxygens (including phenoxy) is 1. The molecule has 0 aliphatic carbocycles. The minimum atomic E-state index is -0.779. The van der Waals surface area contributed by atoms with E-state index < -0.39 is 11.6 Å². The minimum absolute atomic E-state index is 0.172. The van der Waals surface area contributed by atoms with Gasteiger partial charge in [-0.2, -0.15) is 4.98 Å². The van der Waals surface area contributed by atoms with Crippen LogP contribution in [0.2, 0.25) is 0 Å². The number of carboxylic acid groups (broad SMARTS) is 1. The van der Waals surface area contributed by atoms with Crippen molar-refractivity contribution in [3.8, 4) is 0 Å². The fourth-order valence-electron chi connectivity index (χ4n) is 1.58. The van der Waals surface area contributed by atoms with E-state index in [9.17, 15) is 4.79 Å². The van der Waals surface area contributed by atoms with E-state index >= 15 is 0 Å². The van der Waals surface area contributed by atoms with Gasteiger partial charge in [-0.05, 0) is 33.6 Å². The molecule has 6 heteroatoms. The lowest BCUT2D eigenvalue weighted by molar-refractivity contribution is -0.137. The number of hydrogen-bond donors (Lipinski definition) is 1. The molecule has 1 heterocycles. The molecule has 1 aromatic heterocycles. The maximum absolute atomic E-state index is 10.4. The number of aromatic nitrogens is 2. The lowest BCUT2D eigenvalue weighted by Gasteiger charge is -2.19. The van der Waals surface area contributed by atoms with Gasteiger partial charge < -0.3 is 14.4 Å². The average molecular weight is 256 g/mol. The molecule has 18 heavy (non-hydrogen) atoms. The van der Waals surface area contributed by atoms with Crippen LogP contribution in [0, 0.1) is 0 Å². The summed E-state index contributed by atoms with van der Waals surface area (Å²) in [5.41, 5.74) is -0.558. The summed E-state index contributed by atoms with van der Waals surface area (Å²) in [5.74, 6) is 0.277. The topological polar surface area (TPSA) is 85.5 Å². The molecule has 0 fully saturated rings. The molecule has 1 rings (SSSR count). The highest BCUT2D eigenvalue weighted by Gasteiger charge is 2.26. The van der Waals surface area contributed by atoms with Gasteiger partial charge in [-0.15, -0.1) is 0 Å². The van der Waals surface area contributed by atoms with Crippen LogP contribution in [0.4, 0.5) is 0 Å². The quantitative estimate of drug-likeness (QED) is 0.717. The van der Waals surface area contributed by atoms with E-state index in [2.05, 4.69) is 10.1 Å². The Balaban J connectivity index is 2.45. The van der Waals surface area contributed by atoms with Crippen LogP contribution in [0.1, 0.15) is 51.7 Å². The molecular formula is C12H20N2O4. The number of carboxylic acids is 1. The molecule has 0 aliphatic rings. The van der Waals surface area contributed by atoms with Crippen molar-refractivity contribution in [2.75, 3.05) is 6.61 Å². The first-order valence-electron chi connectivity index (χ1n) is 6.14. The summed E-state index contributed by atoms with van der Waals surface area (Å²) in [6.07, 6.45) is 2.11. The highest BCUT2D eigenvalue weighted by atomic mass is 16.5. The molecule has 0 bridgehead atoms. The lowest BCUT2D eigenvalue weighted by Crippen LogP contribution is -2.23. The van der Waals surface area contributed by atoms with Crippen molar-refractivity contribution in [3.05, 3.63) is 11.7 Å². The molecule has 0 saturated heterocycles. The van der Waals surface area contributed by atoms with Gasteiger partial charge in [-0.25, -0.2) is 0 Å². The summed E-state index contributed by atoms with van der Waals surface area (Å²) in [6, 6.07) is 0. The Labute approximate surface area is 106 Å². The first-order chi connectivity index (χ1) is 8.45. The Morgan fingerprint density at radius 1 is 1.44 bits per heavy atom. The SMILES string of the molecule is CCOC(C)(C)c1noc(CCCCC(=O)O)n1. The standard InChI is InChI=1S/C12H20N2O4/c1-4-17-12(2,3)11-13-9(18-14-11)7-5-6-8-10(15)16/h4-8H2,1-3H3,(H,15,16). The molecule has 0 spiro atoms. The fraction of sp³-hybridized carbons (Fsp3) is 0.750.